The summed E-state index contributed by atoms with van der Waals surface area (Å²) in [6.45, 7) is 6.70. The number of morpholine rings is 1. The molecule has 0 spiro atoms. The fraction of sp³-hybridized carbons (Fsp3) is 0.296. The summed E-state index contributed by atoms with van der Waals surface area (Å²) < 4.78 is 11.5. The number of ether oxygens (including phenoxy) is 2. The van der Waals surface area contributed by atoms with Gasteiger partial charge in [-0.05, 0) is 55.3 Å². The van der Waals surface area contributed by atoms with E-state index in [1.54, 1.807) is 18.5 Å². The Morgan fingerprint density at radius 1 is 1.09 bits per heavy atom. The third-order valence-electron chi connectivity index (χ3n) is 5.46. The van der Waals surface area contributed by atoms with Gasteiger partial charge in [-0.2, -0.15) is 0 Å². The highest BCUT2D eigenvalue weighted by molar-refractivity contribution is 5.91. The maximum absolute atomic E-state index is 12.2. The van der Waals surface area contributed by atoms with Crippen molar-refractivity contribution in [2.45, 2.75) is 39.2 Å². The highest BCUT2D eigenvalue weighted by Gasteiger charge is 2.22. The lowest BCUT2D eigenvalue weighted by molar-refractivity contribution is -0.116. The van der Waals surface area contributed by atoms with Gasteiger partial charge in [0.05, 0.1) is 12.2 Å². The SMILES string of the molecule is CC1CN(c2ccc(CNC(=O)C=Cc3ccc(OCc4cccnc4)cc3)cn2)CC(C)O1. The van der Waals surface area contributed by atoms with E-state index in [9.17, 15) is 4.79 Å². The van der Waals surface area contributed by atoms with Crippen LogP contribution in [0.25, 0.3) is 6.08 Å². The normalized spacial score (nSPS) is 18.1. The molecule has 1 saturated heterocycles. The Morgan fingerprint density at radius 2 is 1.88 bits per heavy atom. The van der Waals surface area contributed by atoms with Gasteiger partial charge in [0.1, 0.15) is 18.2 Å². The van der Waals surface area contributed by atoms with E-state index in [-0.39, 0.29) is 18.1 Å². The van der Waals surface area contributed by atoms with E-state index in [4.69, 9.17) is 9.47 Å². The van der Waals surface area contributed by atoms with Gasteiger partial charge in [0.15, 0.2) is 0 Å². The quantitative estimate of drug-likeness (QED) is 0.514. The molecule has 0 bridgehead atoms. The standard InChI is InChI=1S/C27H30N4O3/c1-20-17-31(18-21(2)34-20)26-11-7-23(15-29-26)16-30-27(32)12-8-22-5-9-25(10-6-22)33-19-24-4-3-13-28-14-24/h3-15,20-21H,16-19H2,1-2H3,(H,30,32). The number of hydrogen-bond donors (Lipinski definition) is 1. The molecule has 2 aromatic heterocycles. The van der Waals surface area contributed by atoms with Gasteiger partial charge >= 0.3 is 0 Å². The number of nitrogens with one attached hydrogen (secondary N) is 1. The molecule has 2 atom stereocenters. The number of pyridine rings is 2. The van der Waals surface area contributed by atoms with E-state index < -0.39 is 0 Å². The van der Waals surface area contributed by atoms with E-state index in [0.717, 1.165) is 41.3 Å². The number of benzene rings is 1. The second-order valence-electron chi connectivity index (χ2n) is 8.46. The zero-order valence-corrected chi connectivity index (χ0v) is 19.6. The molecule has 0 radical (unpaired) electrons. The maximum atomic E-state index is 12.2. The highest BCUT2D eigenvalue weighted by Crippen LogP contribution is 2.18. The molecule has 176 valence electrons. The molecule has 0 aliphatic carbocycles. The fourth-order valence-corrected chi connectivity index (χ4v) is 3.82. The van der Waals surface area contributed by atoms with E-state index in [1.165, 1.54) is 6.08 Å². The summed E-state index contributed by atoms with van der Waals surface area (Å²) in [5, 5.41) is 2.90. The fourth-order valence-electron chi connectivity index (χ4n) is 3.82. The van der Waals surface area contributed by atoms with Crippen LogP contribution in [0.3, 0.4) is 0 Å². The number of carbonyl (C=O) groups excluding carboxylic acids is 1. The monoisotopic (exact) mass is 458 g/mol. The summed E-state index contributed by atoms with van der Waals surface area (Å²) in [7, 11) is 0. The molecule has 1 fully saturated rings. The van der Waals surface area contributed by atoms with Crippen LogP contribution >= 0.6 is 0 Å². The smallest absolute Gasteiger partial charge is 0.244 e. The van der Waals surface area contributed by atoms with Crippen molar-refractivity contribution >= 4 is 17.8 Å². The van der Waals surface area contributed by atoms with Crippen LogP contribution in [0.5, 0.6) is 5.75 Å². The summed E-state index contributed by atoms with van der Waals surface area (Å²) in [4.78, 5) is 23.1. The van der Waals surface area contributed by atoms with Crippen LogP contribution in [-0.2, 0) is 22.7 Å². The van der Waals surface area contributed by atoms with E-state index in [2.05, 4.69) is 34.0 Å². The number of rotatable bonds is 8. The molecule has 2 unspecified atom stereocenters. The van der Waals surface area contributed by atoms with Gasteiger partial charge in [-0.15, -0.1) is 0 Å². The molecule has 1 N–H and O–H groups in total. The second-order valence-corrected chi connectivity index (χ2v) is 8.46. The first-order chi connectivity index (χ1) is 16.5. The first-order valence-corrected chi connectivity index (χ1v) is 11.5. The molecule has 1 amide bonds. The number of aromatic nitrogens is 2. The number of carbonyl (C=O) groups is 1. The summed E-state index contributed by atoms with van der Waals surface area (Å²) in [6.07, 6.45) is 9.02. The molecule has 3 aromatic rings. The molecule has 4 rings (SSSR count). The van der Waals surface area contributed by atoms with Gasteiger partial charge < -0.3 is 19.7 Å². The van der Waals surface area contributed by atoms with E-state index >= 15 is 0 Å². The van der Waals surface area contributed by atoms with Crippen molar-refractivity contribution < 1.29 is 14.3 Å². The van der Waals surface area contributed by atoms with Crippen molar-refractivity contribution in [2.24, 2.45) is 0 Å². The predicted octanol–water partition coefficient (Wildman–Crippen LogP) is 4.00. The van der Waals surface area contributed by atoms with Gasteiger partial charge in [-0.1, -0.05) is 24.3 Å². The van der Waals surface area contributed by atoms with Crippen LogP contribution in [0.4, 0.5) is 5.82 Å². The first-order valence-electron chi connectivity index (χ1n) is 11.5. The van der Waals surface area contributed by atoms with Gasteiger partial charge in [0, 0.05) is 49.9 Å². The first kappa shape index (κ1) is 23.4. The third kappa shape index (κ3) is 6.89. The number of nitrogens with zero attached hydrogens (tertiary/aromatic N) is 3. The van der Waals surface area contributed by atoms with Crippen molar-refractivity contribution in [1.82, 2.24) is 15.3 Å². The molecule has 1 aromatic carbocycles. The Kier molecular flexibility index (Phi) is 7.88. The second kappa shape index (κ2) is 11.4. The molecule has 7 heteroatoms. The van der Waals surface area contributed by atoms with E-state index in [1.807, 2.05) is 54.7 Å². The largest absolute Gasteiger partial charge is 0.489 e. The van der Waals surface area contributed by atoms with E-state index in [0.29, 0.717) is 13.2 Å². The summed E-state index contributed by atoms with van der Waals surface area (Å²) in [5.41, 5.74) is 2.89. The van der Waals surface area contributed by atoms with Crippen LogP contribution < -0.4 is 15.0 Å². The Labute approximate surface area is 200 Å². The zero-order valence-electron chi connectivity index (χ0n) is 19.6. The van der Waals surface area contributed by atoms with Crippen molar-refractivity contribution in [3.8, 4) is 5.75 Å². The molecule has 0 saturated carbocycles. The lowest BCUT2D eigenvalue weighted by Gasteiger charge is -2.36. The van der Waals surface area contributed by atoms with Crippen molar-refractivity contribution in [3.05, 3.63) is 89.9 Å². The summed E-state index contributed by atoms with van der Waals surface area (Å²) in [5.74, 6) is 1.55. The molecular formula is C27H30N4O3. The lowest BCUT2D eigenvalue weighted by atomic mass is 10.2. The molecule has 1 aliphatic heterocycles. The van der Waals surface area contributed by atoms with Gasteiger partial charge in [0.2, 0.25) is 5.91 Å². The molecule has 34 heavy (non-hydrogen) atoms. The maximum Gasteiger partial charge on any atom is 0.244 e. The Balaban J connectivity index is 1.22. The number of anilines is 1. The summed E-state index contributed by atoms with van der Waals surface area (Å²) in [6, 6.07) is 15.5. The Hall–Kier alpha value is -3.71. The van der Waals surface area contributed by atoms with Crippen LogP contribution in [0.15, 0.2) is 73.2 Å². The third-order valence-corrected chi connectivity index (χ3v) is 5.46. The molecule has 1 aliphatic rings. The highest BCUT2D eigenvalue weighted by atomic mass is 16.5. The molecular weight excluding hydrogens is 428 g/mol. The van der Waals surface area contributed by atoms with Crippen LogP contribution in [0, 0.1) is 0 Å². The van der Waals surface area contributed by atoms with Crippen molar-refractivity contribution in [1.29, 1.82) is 0 Å². The lowest BCUT2D eigenvalue weighted by Crippen LogP contribution is -2.45. The Bertz CT molecular complexity index is 1080. The minimum absolute atomic E-state index is 0.156. The number of hydrogen-bond acceptors (Lipinski definition) is 6. The topological polar surface area (TPSA) is 76.6 Å². The minimum atomic E-state index is -0.156. The molecule has 3 heterocycles. The van der Waals surface area contributed by atoms with Crippen LogP contribution in [-0.4, -0.2) is 41.2 Å². The van der Waals surface area contributed by atoms with Gasteiger partial charge in [-0.3, -0.25) is 9.78 Å². The van der Waals surface area contributed by atoms with Gasteiger partial charge in [-0.25, -0.2) is 4.98 Å². The van der Waals surface area contributed by atoms with Gasteiger partial charge in [0.25, 0.3) is 0 Å². The van der Waals surface area contributed by atoms with Crippen molar-refractivity contribution in [3.63, 3.8) is 0 Å². The number of amides is 1. The van der Waals surface area contributed by atoms with Crippen LogP contribution in [0.1, 0.15) is 30.5 Å². The molecule has 7 nitrogen and oxygen atoms in total. The average Bonchev–Trinajstić information content (AvgIpc) is 2.86. The van der Waals surface area contributed by atoms with Crippen molar-refractivity contribution in [2.75, 3.05) is 18.0 Å². The minimum Gasteiger partial charge on any atom is -0.489 e. The average molecular weight is 459 g/mol. The predicted molar refractivity (Wildman–Crippen MR) is 132 cm³/mol. The Morgan fingerprint density at radius 3 is 2.56 bits per heavy atom. The zero-order chi connectivity index (χ0) is 23.8. The summed E-state index contributed by atoms with van der Waals surface area (Å²) >= 11 is 0. The van der Waals surface area contributed by atoms with Crippen LogP contribution in [0.2, 0.25) is 0 Å².